The topological polar surface area (TPSA) is 31.3 Å². The van der Waals surface area contributed by atoms with Gasteiger partial charge in [-0.25, -0.2) is 0 Å². The van der Waals surface area contributed by atoms with E-state index in [1.807, 2.05) is 22.6 Å². The number of benzene rings is 9. The second-order valence-corrected chi connectivity index (χ2v) is 15.6. The molecule has 274 valence electrons. The van der Waals surface area contributed by atoms with Gasteiger partial charge in [-0.05, 0) is 100 Å². The van der Waals surface area contributed by atoms with Crippen LogP contribution in [0.4, 0.5) is 0 Å². The molecule has 9 aromatic carbocycles. The van der Waals surface area contributed by atoms with Crippen LogP contribution in [0.15, 0.2) is 205 Å². The van der Waals surface area contributed by atoms with Crippen LogP contribution in [0.5, 0.6) is 0 Å². The molecule has 4 nitrogen and oxygen atoms in total. The zero-order valence-electron chi connectivity index (χ0n) is 31.8. The van der Waals surface area contributed by atoms with Gasteiger partial charge < -0.3 is 9.13 Å². The second-order valence-electron chi connectivity index (χ2n) is 15.6. The molecule has 0 aliphatic rings. The van der Waals surface area contributed by atoms with E-state index < -0.39 is 0 Å². The average Bonchev–Trinajstić information content (AvgIpc) is 3.94. The highest BCUT2D eigenvalue weighted by Gasteiger charge is 2.20. The highest BCUT2D eigenvalue weighted by Crippen LogP contribution is 2.42. The van der Waals surface area contributed by atoms with Crippen molar-refractivity contribution in [2.45, 2.75) is 0 Å². The molecule has 0 N–H and O–H groups in total. The molecule has 0 bridgehead atoms. The summed E-state index contributed by atoms with van der Waals surface area (Å²) in [4.78, 5) is 13.9. The lowest BCUT2D eigenvalue weighted by atomic mass is 9.98. The molecule has 0 saturated carbocycles. The average molecular weight is 752 g/mol. The predicted octanol–water partition coefficient (Wildman–Crippen LogP) is 13.7. The molecule has 0 aliphatic carbocycles. The standard InChI is InChI=1S/C55H33N3O/c59-55-44-16-5-4-14-40(44)42-19-10-20-43-47-32-35(26-30-51(47)58(55)54(42)43)34-24-28-38(29-25-34)56-48-21-8-6-15-41(48)46-33-36(27-31-50(46)56)39-18-11-23-52-53(39)45-17-7-9-22-49(45)57(52)37-12-2-1-3-13-37/h1-33H. The van der Waals surface area contributed by atoms with E-state index in [9.17, 15) is 4.79 Å². The van der Waals surface area contributed by atoms with Crippen molar-refractivity contribution in [1.29, 1.82) is 0 Å². The molecule has 0 atom stereocenters. The molecule has 0 unspecified atom stereocenters. The summed E-state index contributed by atoms with van der Waals surface area (Å²) >= 11 is 0. The molecule has 0 saturated heterocycles. The molecule has 4 aromatic heterocycles. The number of para-hydroxylation sites is 4. The quantitative estimate of drug-likeness (QED) is 0.165. The molecule has 4 heterocycles. The number of pyridine rings is 1. The fourth-order valence-electron chi connectivity index (χ4n) is 10.0. The van der Waals surface area contributed by atoms with Crippen molar-refractivity contribution in [1.82, 2.24) is 13.5 Å². The third-order valence-corrected chi connectivity index (χ3v) is 12.6. The number of rotatable bonds is 4. The Bertz CT molecular complexity index is 3910. The maximum Gasteiger partial charge on any atom is 0.263 e. The summed E-state index contributed by atoms with van der Waals surface area (Å²) in [5, 5.41) is 9.99. The number of hydrogen-bond donors (Lipinski definition) is 0. The Kier molecular flexibility index (Phi) is 6.56. The van der Waals surface area contributed by atoms with E-state index in [0.717, 1.165) is 60.5 Å². The van der Waals surface area contributed by atoms with Gasteiger partial charge in [-0.3, -0.25) is 9.20 Å². The van der Waals surface area contributed by atoms with Gasteiger partial charge in [-0.2, -0.15) is 0 Å². The van der Waals surface area contributed by atoms with Crippen LogP contribution in [0.25, 0.3) is 115 Å². The second kappa shape index (κ2) is 12.0. The molecule has 0 radical (unpaired) electrons. The van der Waals surface area contributed by atoms with Crippen molar-refractivity contribution in [3.05, 3.63) is 211 Å². The summed E-state index contributed by atoms with van der Waals surface area (Å²) in [6, 6.07) is 71.5. The van der Waals surface area contributed by atoms with E-state index in [2.05, 4.69) is 191 Å². The van der Waals surface area contributed by atoms with Crippen LogP contribution in [0.2, 0.25) is 0 Å². The summed E-state index contributed by atoms with van der Waals surface area (Å²) in [7, 11) is 0. The van der Waals surface area contributed by atoms with Crippen LogP contribution in [-0.4, -0.2) is 13.5 Å². The molecule has 0 spiro atoms. The number of nitrogens with zero attached hydrogens (tertiary/aromatic N) is 3. The van der Waals surface area contributed by atoms with Crippen molar-refractivity contribution in [2.75, 3.05) is 0 Å². The first kappa shape index (κ1) is 32.2. The van der Waals surface area contributed by atoms with Gasteiger partial charge >= 0.3 is 0 Å². The summed E-state index contributed by atoms with van der Waals surface area (Å²) in [6.45, 7) is 0. The van der Waals surface area contributed by atoms with Crippen LogP contribution in [0.3, 0.4) is 0 Å². The highest BCUT2D eigenvalue weighted by atomic mass is 16.1. The zero-order valence-corrected chi connectivity index (χ0v) is 31.8. The van der Waals surface area contributed by atoms with Gasteiger partial charge in [-0.1, -0.05) is 127 Å². The van der Waals surface area contributed by atoms with Gasteiger partial charge in [-0.15, -0.1) is 0 Å². The van der Waals surface area contributed by atoms with E-state index in [4.69, 9.17) is 0 Å². The Morgan fingerprint density at radius 2 is 0.814 bits per heavy atom. The Balaban J connectivity index is 0.942. The molecule has 0 amide bonds. The fraction of sp³-hybridized carbons (Fsp3) is 0. The van der Waals surface area contributed by atoms with Gasteiger partial charge in [0, 0.05) is 54.5 Å². The summed E-state index contributed by atoms with van der Waals surface area (Å²) in [5.41, 5.74) is 13.6. The summed E-state index contributed by atoms with van der Waals surface area (Å²) in [5.74, 6) is 0. The minimum atomic E-state index is 0.0300. The van der Waals surface area contributed by atoms with Crippen LogP contribution in [-0.2, 0) is 0 Å². The Hall–Kier alpha value is -7.95. The molecular formula is C55H33N3O. The van der Waals surface area contributed by atoms with Crippen molar-refractivity contribution in [3.8, 4) is 33.6 Å². The van der Waals surface area contributed by atoms with Gasteiger partial charge in [0.1, 0.15) is 0 Å². The maximum absolute atomic E-state index is 13.9. The van der Waals surface area contributed by atoms with E-state index in [-0.39, 0.29) is 5.56 Å². The Morgan fingerprint density at radius 3 is 1.63 bits per heavy atom. The molecule has 4 heteroatoms. The predicted molar refractivity (Wildman–Crippen MR) is 247 cm³/mol. The largest absolute Gasteiger partial charge is 0.309 e. The van der Waals surface area contributed by atoms with Crippen molar-refractivity contribution in [2.24, 2.45) is 0 Å². The lowest BCUT2D eigenvalue weighted by Crippen LogP contribution is -2.12. The van der Waals surface area contributed by atoms with E-state index in [0.29, 0.717) is 0 Å². The number of aromatic nitrogens is 3. The van der Waals surface area contributed by atoms with Crippen LogP contribution < -0.4 is 5.56 Å². The zero-order chi connectivity index (χ0) is 38.8. The summed E-state index contributed by atoms with van der Waals surface area (Å²) in [6.07, 6.45) is 0. The first-order chi connectivity index (χ1) is 29.2. The van der Waals surface area contributed by atoms with Crippen LogP contribution in [0.1, 0.15) is 0 Å². The van der Waals surface area contributed by atoms with Gasteiger partial charge in [0.25, 0.3) is 5.56 Å². The minimum absolute atomic E-state index is 0.0300. The third kappa shape index (κ3) is 4.46. The first-order valence-electron chi connectivity index (χ1n) is 20.1. The molecule has 0 fully saturated rings. The molecule has 59 heavy (non-hydrogen) atoms. The van der Waals surface area contributed by atoms with Crippen LogP contribution in [0, 0.1) is 0 Å². The van der Waals surface area contributed by atoms with E-state index in [1.165, 1.54) is 54.7 Å². The van der Waals surface area contributed by atoms with Crippen molar-refractivity contribution in [3.63, 3.8) is 0 Å². The molecule has 13 rings (SSSR count). The van der Waals surface area contributed by atoms with Crippen molar-refractivity contribution < 1.29 is 0 Å². The Morgan fingerprint density at radius 1 is 0.305 bits per heavy atom. The fourth-order valence-corrected chi connectivity index (χ4v) is 10.0. The number of hydrogen-bond acceptors (Lipinski definition) is 1. The monoisotopic (exact) mass is 751 g/mol. The molecule has 13 aromatic rings. The normalized spacial score (nSPS) is 12.1. The number of fused-ring (bicyclic) bond motifs is 11. The van der Waals surface area contributed by atoms with Crippen LogP contribution >= 0.6 is 0 Å². The Labute approximate surface area is 338 Å². The third-order valence-electron chi connectivity index (χ3n) is 12.6. The maximum atomic E-state index is 13.9. The molecule has 0 aliphatic heterocycles. The van der Waals surface area contributed by atoms with Gasteiger partial charge in [0.05, 0.1) is 33.1 Å². The van der Waals surface area contributed by atoms with Gasteiger partial charge in [0.2, 0.25) is 0 Å². The minimum Gasteiger partial charge on any atom is -0.309 e. The SMILES string of the molecule is O=c1c2ccccc2c2cccc3c4cc(-c5ccc(-n6c7ccccc7c7cc(-c8cccc9c8c8ccccc8n9-c8ccccc8)ccc76)cc5)ccc4n1c23. The summed E-state index contributed by atoms with van der Waals surface area (Å²) < 4.78 is 6.68. The van der Waals surface area contributed by atoms with Crippen molar-refractivity contribution >= 4 is 81.6 Å². The lowest BCUT2D eigenvalue weighted by Gasteiger charge is -2.11. The van der Waals surface area contributed by atoms with Gasteiger partial charge in [0.15, 0.2) is 0 Å². The first-order valence-corrected chi connectivity index (χ1v) is 20.1. The highest BCUT2D eigenvalue weighted by molar-refractivity contribution is 6.21. The van der Waals surface area contributed by atoms with E-state index >= 15 is 0 Å². The lowest BCUT2D eigenvalue weighted by molar-refractivity contribution is 1.18. The smallest absolute Gasteiger partial charge is 0.263 e. The molecular weight excluding hydrogens is 719 g/mol. The van der Waals surface area contributed by atoms with E-state index in [1.54, 1.807) is 0 Å².